The van der Waals surface area contributed by atoms with Gasteiger partial charge in [-0.15, -0.1) is 0 Å². The fraction of sp³-hybridized carbons (Fsp3) is 0.448. The van der Waals surface area contributed by atoms with Crippen LogP contribution in [0.1, 0.15) is 44.2 Å². The Morgan fingerprint density at radius 2 is 1.66 bits per heavy atom. The van der Waals surface area contributed by atoms with Gasteiger partial charge >= 0.3 is 18.0 Å². The quantitative estimate of drug-likeness (QED) is 0.319. The Balaban J connectivity index is 1.92. The topological polar surface area (TPSA) is 108 Å². The number of esters is 2. The molecule has 0 saturated carbocycles. The summed E-state index contributed by atoms with van der Waals surface area (Å²) in [6.07, 6.45) is -0.539. The Hall–Kier alpha value is -3.88. The van der Waals surface area contributed by atoms with Crippen LogP contribution < -0.4 is 4.74 Å². The van der Waals surface area contributed by atoms with E-state index < -0.39 is 35.6 Å². The Morgan fingerprint density at radius 1 is 0.974 bits per heavy atom. The van der Waals surface area contributed by atoms with Gasteiger partial charge in [-0.25, -0.2) is 4.79 Å². The van der Waals surface area contributed by atoms with Gasteiger partial charge in [-0.2, -0.15) is 0 Å². The number of ketones is 1. The first kappa shape index (κ1) is 28.7. The molecule has 204 valence electrons. The fourth-order valence-electron chi connectivity index (χ4n) is 4.92. The molecular weight excluding hydrogens is 490 g/mol. The summed E-state index contributed by atoms with van der Waals surface area (Å²) in [5.41, 5.74) is 0.405. The number of ether oxygens (including phenoxy) is 4. The van der Waals surface area contributed by atoms with E-state index in [9.17, 15) is 19.2 Å². The molecular formula is C29H35NO8. The molecule has 2 unspecified atom stereocenters. The molecule has 0 spiro atoms. The highest BCUT2D eigenvalue weighted by molar-refractivity contribution is 5.95. The molecule has 2 aromatic rings. The predicted molar refractivity (Wildman–Crippen MR) is 138 cm³/mol. The Kier molecular flexibility index (Phi) is 9.87. The van der Waals surface area contributed by atoms with Gasteiger partial charge in [-0.3, -0.25) is 19.3 Å². The van der Waals surface area contributed by atoms with Crippen LogP contribution in [0.3, 0.4) is 0 Å². The van der Waals surface area contributed by atoms with E-state index in [0.717, 1.165) is 11.1 Å². The molecule has 0 bridgehead atoms. The Morgan fingerprint density at radius 3 is 2.26 bits per heavy atom. The maximum absolute atomic E-state index is 14.1. The van der Waals surface area contributed by atoms with E-state index in [1.807, 2.05) is 42.5 Å². The predicted octanol–water partition coefficient (Wildman–Crippen LogP) is 4.11. The SMILES string of the molecule is COC(=O)C(CC(=O)C1(Cc2ccc(OC)cc2)CCCN1C(=O)OCc1ccccc1)[C@@H](C)OC(C)=O. The highest BCUT2D eigenvalue weighted by Crippen LogP contribution is 2.37. The summed E-state index contributed by atoms with van der Waals surface area (Å²) < 4.78 is 21.0. The van der Waals surface area contributed by atoms with Crippen LogP contribution in [0.4, 0.5) is 4.79 Å². The molecule has 1 saturated heterocycles. The molecule has 1 fully saturated rings. The van der Waals surface area contributed by atoms with Crippen LogP contribution in [-0.2, 0) is 41.6 Å². The lowest BCUT2D eigenvalue weighted by Crippen LogP contribution is -2.55. The molecule has 0 aromatic heterocycles. The summed E-state index contributed by atoms with van der Waals surface area (Å²) in [5, 5.41) is 0. The molecule has 3 rings (SSSR count). The molecule has 1 aliphatic heterocycles. The number of carbonyl (C=O) groups excluding carboxylic acids is 4. The van der Waals surface area contributed by atoms with Gasteiger partial charge in [0.05, 0.1) is 14.2 Å². The number of carbonyl (C=O) groups is 4. The van der Waals surface area contributed by atoms with E-state index >= 15 is 0 Å². The molecule has 9 heteroatoms. The number of benzene rings is 2. The zero-order valence-electron chi connectivity index (χ0n) is 22.3. The van der Waals surface area contributed by atoms with Crippen LogP contribution in [-0.4, -0.2) is 61.1 Å². The van der Waals surface area contributed by atoms with Crippen molar-refractivity contribution in [2.45, 2.75) is 57.8 Å². The molecule has 0 N–H and O–H groups in total. The van der Waals surface area contributed by atoms with E-state index in [1.165, 1.54) is 18.9 Å². The molecule has 0 aliphatic carbocycles. The molecule has 1 heterocycles. The largest absolute Gasteiger partial charge is 0.497 e. The monoisotopic (exact) mass is 525 g/mol. The Labute approximate surface area is 223 Å². The third-order valence-electron chi connectivity index (χ3n) is 6.92. The zero-order valence-corrected chi connectivity index (χ0v) is 22.3. The van der Waals surface area contributed by atoms with Gasteiger partial charge in [-0.05, 0) is 43.0 Å². The first-order chi connectivity index (χ1) is 18.2. The number of rotatable bonds is 11. The van der Waals surface area contributed by atoms with Gasteiger partial charge in [0, 0.05) is 26.3 Å². The van der Waals surface area contributed by atoms with Crippen LogP contribution in [0, 0.1) is 5.92 Å². The first-order valence-corrected chi connectivity index (χ1v) is 12.6. The Bertz CT molecular complexity index is 1120. The summed E-state index contributed by atoms with van der Waals surface area (Å²) >= 11 is 0. The van der Waals surface area contributed by atoms with E-state index in [0.29, 0.717) is 25.1 Å². The van der Waals surface area contributed by atoms with Crippen molar-refractivity contribution in [3.8, 4) is 5.75 Å². The third-order valence-corrected chi connectivity index (χ3v) is 6.92. The van der Waals surface area contributed by atoms with Gasteiger partial charge in [-0.1, -0.05) is 42.5 Å². The third kappa shape index (κ3) is 6.90. The maximum Gasteiger partial charge on any atom is 0.410 e. The second-order valence-corrected chi connectivity index (χ2v) is 9.42. The summed E-state index contributed by atoms with van der Waals surface area (Å²) in [6, 6.07) is 16.6. The van der Waals surface area contributed by atoms with Crippen molar-refractivity contribution in [3.63, 3.8) is 0 Å². The number of Topliss-reactive ketones (excluding diaryl/α,β-unsaturated/α-hetero) is 1. The van der Waals surface area contributed by atoms with Crippen molar-refractivity contribution in [2.24, 2.45) is 5.92 Å². The molecule has 1 amide bonds. The van der Waals surface area contributed by atoms with E-state index in [-0.39, 0.29) is 25.2 Å². The second kappa shape index (κ2) is 13.1. The highest BCUT2D eigenvalue weighted by Gasteiger charge is 2.51. The minimum Gasteiger partial charge on any atom is -0.497 e. The van der Waals surface area contributed by atoms with E-state index in [4.69, 9.17) is 18.9 Å². The zero-order chi connectivity index (χ0) is 27.7. The number of nitrogens with zero attached hydrogens (tertiary/aromatic N) is 1. The van der Waals surface area contributed by atoms with Crippen molar-refractivity contribution in [3.05, 3.63) is 65.7 Å². The minimum absolute atomic E-state index is 0.0667. The van der Waals surface area contributed by atoms with Gasteiger partial charge in [0.15, 0.2) is 5.78 Å². The summed E-state index contributed by atoms with van der Waals surface area (Å²) in [4.78, 5) is 53.1. The van der Waals surface area contributed by atoms with Gasteiger partial charge in [0.1, 0.15) is 29.9 Å². The maximum atomic E-state index is 14.1. The van der Waals surface area contributed by atoms with Crippen LogP contribution in [0.2, 0.25) is 0 Å². The molecule has 9 nitrogen and oxygen atoms in total. The normalized spacial score (nSPS) is 18.3. The average molecular weight is 526 g/mol. The van der Waals surface area contributed by atoms with Crippen LogP contribution >= 0.6 is 0 Å². The van der Waals surface area contributed by atoms with Crippen LogP contribution in [0.5, 0.6) is 5.75 Å². The lowest BCUT2D eigenvalue weighted by Gasteiger charge is -2.38. The number of methoxy groups -OCH3 is 2. The summed E-state index contributed by atoms with van der Waals surface area (Å²) in [7, 11) is 2.79. The smallest absolute Gasteiger partial charge is 0.410 e. The molecule has 38 heavy (non-hydrogen) atoms. The number of likely N-dealkylation sites (tertiary alicyclic amines) is 1. The standard InChI is InChI=1S/C29H35NO8/c1-20(38-21(2)31)25(27(33)36-4)17-26(32)29(18-22-11-13-24(35-3)14-12-22)15-8-16-30(29)28(34)37-19-23-9-6-5-7-10-23/h5-7,9-14,20,25H,8,15-19H2,1-4H3/t20-,25?,29?/m1/s1. The van der Waals surface area contributed by atoms with Crippen molar-refractivity contribution >= 4 is 23.8 Å². The van der Waals surface area contributed by atoms with Gasteiger partial charge < -0.3 is 18.9 Å². The fourth-order valence-corrected chi connectivity index (χ4v) is 4.92. The number of hydrogen-bond acceptors (Lipinski definition) is 8. The lowest BCUT2D eigenvalue weighted by atomic mass is 9.79. The van der Waals surface area contributed by atoms with Gasteiger partial charge in [0.25, 0.3) is 0 Å². The first-order valence-electron chi connectivity index (χ1n) is 12.6. The minimum atomic E-state index is -1.25. The van der Waals surface area contributed by atoms with E-state index in [2.05, 4.69) is 0 Å². The summed E-state index contributed by atoms with van der Waals surface area (Å²) in [5.74, 6) is -1.91. The van der Waals surface area contributed by atoms with Crippen LogP contribution in [0.15, 0.2) is 54.6 Å². The van der Waals surface area contributed by atoms with Gasteiger partial charge in [0.2, 0.25) is 0 Å². The lowest BCUT2D eigenvalue weighted by molar-refractivity contribution is -0.160. The second-order valence-electron chi connectivity index (χ2n) is 9.42. The van der Waals surface area contributed by atoms with Crippen molar-refractivity contribution in [2.75, 3.05) is 20.8 Å². The molecule has 1 aliphatic rings. The molecule has 0 radical (unpaired) electrons. The highest BCUT2D eigenvalue weighted by atomic mass is 16.6. The molecule has 2 aromatic carbocycles. The van der Waals surface area contributed by atoms with E-state index in [1.54, 1.807) is 26.2 Å². The number of amides is 1. The average Bonchev–Trinajstić information content (AvgIpc) is 3.35. The molecule has 3 atom stereocenters. The van der Waals surface area contributed by atoms with Crippen LogP contribution in [0.25, 0.3) is 0 Å². The van der Waals surface area contributed by atoms with Crippen molar-refractivity contribution in [1.29, 1.82) is 0 Å². The number of hydrogen-bond donors (Lipinski definition) is 0. The van der Waals surface area contributed by atoms with Crippen molar-refractivity contribution < 1.29 is 38.1 Å². The van der Waals surface area contributed by atoms with Crippen molar-refractivity contribution in [1.82, 2.24) is 4.90 Å². The summed E-state index contributed by atoms with van der Waals surface area (Å²) in [6.45, 7) is 3.18.